The van der Waals surface area contributed by atoms with Crippen LogP contribution < -0.4 is 5.32 Å². The van der Waals surface area contributed by atoms with Crippen molar-refractivity contribution >= 4 is 27.3 Å². The van der Waals surface area contributed by atoms with Crippen LogP contribution in [0.3, 0.4) is 0 Å². The summed E-state index contributed by atoms with van der Waals surface area (Å²) < 4.78 is 0.477. The molecule has 0 aromatic heterocycles. The molecule has 110 valence electrons. The molecule has 0 aliphatic heterocycles. The highest BCUT2D eigenvalue weighted by Gasteiger charge is 2.13. The van der Waals surface area contributed by atoms with Gasteiger partial charge in [-0.05, 0) is 65.5 Å². The molecule has 0 saturated carbocycles. The number of hydrogen-bond donors (Lipinski definition) is 1. The number of nitrogens with one attached hydrogen (secondary N) is 1. The second kappa shape index (κ2) is 6.26. The molecule has 0 saturated heterocycles. The smallest absolute Gasteiger partial charge is 0.283 e. The van der Waals surface area contributed by atoms with Crippen LogP contribution in [0.2, 0.25) is 0 Å². The number of benzene rings is 2. The first-order chi connectivity index (χ1) is 9.88. The minimum Gasteiger partial charge on any atom is -0.378 e. The lowest BCUT2D eigenvalue weighted by atomic mass is 10.0. The third kappa shape index (κ3) is 3.61. The van der Waals surface area contributed by atoms with E-state index in [4.69, 9.17) is 0 Å². The highest BCUT2D eigenvalue weighted by molar-refractivity contribution is 9.10. The molecular formula is C16H17BrN2O2. The summed E-state index contributed by atoms with van der Waals surface area (Å²) in [5.41, 5.74) is 4.63. The Bertz CT molecular complexity index is 686. The maximum Gasteiger partial charge on any atom is 0.283 e. The molecule has 0 bridgehead atoms. The van der Waals surface area contributed by atoms with Gasteiger partial charge in [0.05, 0.1) is 9.40 Å². The van der Waals surface area contributed by atoms with Crippen LogP contribution in [-0.2, 0) is 0 Å². The zero-order valence-electron chi connectivity index (χ0n) is 12.2. The van der Waals surface area contributed by atoms with E-state index >= 15 is 0 Å². The number of halogens is 1. The van der Waals surface area contributed by atoms with E-state index in [-0.39, 0.29) is 11.7 Å². The third-order valence-electron chi connectivity index (χ3n) is 3.56. The summed E-state index contributed by atoms with van der Waals surface area (Å²) in [6, 6.07) is 11.4. The number of rotatable bonds is 4. The molecule has 2 aromatic carbocycles. The topological polar surface area (TPSA) is 55.2 Å². The summed E-state index contributed by atoms with van der Waals surface area (Å²) in [6.45, 7) is 6.25. The Kier molecular flexibility index (Phi) is 4.63. The van der Waals surface area contributed by atoms with Crippen LogP contribution in [0, 0.1) is 24.0 Å². The molecular weight excluding hydrogens is 332 g/mol. The van der Waals surface area contributed by atoms with Crippen molar-refractivity contribution in [3.63, 3.8) is 0 Å². The van der Waals surface area contributed by atoms with Crippen molar-refractivity contribution in [2.24, 2.45) is 0 Å². The van der Waals surface area contributed by atoms with Gasteiger partial charge in [0.15, 0.2) is 0 Å². The molecule has 1 atom stereocenters. The van der Waals surface area contributed by atoms with E-state index in [1.807, 2.05) is 0 Å². The van der Waals surface area contributed by atoms with Crippen LogP contribution in [0.15, 0.2) is 40.9 Å². The maximum absolute atomic E-state index is 10.8. The Morgan fingerprint density at radius 2 is 1.86 bits per heavy atom. The average Bonchev–Trinajstić information content (AvgIpc) is 2.41. The van der Waals surface area contributed by atoms with Gasteiger partial charge in [0.1, 0.15) is 0 Å². The molecule has 0 heterocycles. The summed E-state index contributed by atoms with van der Waals surface area (Å²) in [5, 5.41) is 14.2. The molecule has 5 heteroatoms. The summed E-state index contributed by atoms with van der Waals surface area (Å²) in [7, 11) is 0. The lowest BCUT2D eigenvalue weighted by Crippen LogP contribution is -2.07. The van der Waals surface area contributed by atoms with Crippen molar-refractivity contribution in [1.82, 2.24) is 0 Å². The second-order valence-electron chi connectivity index (χ2n) is 5.13. The first kappa shape index (κ1) is 15.5. The minimum atomic E-state index is -0.402. The van der Waals surface area contributed by atoms with E-state index in [1.165, 1.54) is 22.8 Å². The number of nitro groups is 1. The molecule has 0 aliphatic rings. The Morgan fingerprint density at radius 3 is 2.43 bits per heavy atom. The molecule has 4 nitrogen and oxygen atoms in total. The van der Waals surface area contributed by atoms with E-state index in [2.05, 4.69) is 60.2 Å². The van der Waals surface area contributed by atoms with Crippen molar-refractivity contribution in [2.75, 3.05) is 5.32 Å². The van der Waals surface area contributed by atoms with Gasteiger partial charge < -0.3 is 5.32 Å². The molecule has 0 aliphatic carbocycles. The van der Waals surface area contributed by atoms with Crippen molar-refractivity contribution < 1.29 is 4.92 Å². The Hall–Kier alpha value is -1.88. The fourth-order valence-corrected chi connectivity index (χ4v) is 2.64. The zero-order valence-corrected chi connectivity index (χ0v) is 13.8. The standard InChI is InChI=1S/C16H17BrN2O2/c1-10-4-5-13(8-11(10)2)12(3)18-14-6-7-16(19(20)21)15(17)9-14/h4-9,12,18H,1-3H3. The summed E-state index contributed by atoms with van der Waals surface area (Å²) in [4.78, 5) is 10.4. The number of aryl methyl sites for hydroxylation is 2. The van der Waals surface area contributed by atoms with E-state index < -0.39 is 4.92 Å². The van der Waals surface area contributed by atoms with Crippen LogP contribution in [0.1, 0.15) is 29.7 Å². The van der Waals surface area contributed by atoms with Gasteiger partial charge in [-0.1, -0.05) is 18.2 Å². The molecule has 0 amide bonds. The highest BCUT2D eigenvalue weighted by Crippen LogP contribution is 2.29. The van der Waals surface area contributed by atoms with Crippen molar-refractivity contribution in [3.05, 3.63) is 67.7 Å². The fourth-order valence-electron chi connectivity index (χ4n) is 2.11. The predicted molar refractivity (Wildman–Crippen MR) is 88.8 cm³/mol. The van der Waals surface area contributed by atoms with Gasteiger partial charge in [0.25, 0.3) is 5.69 Å². The molecule has 2 rings (SSSR count). The van der Waals surface area contributed by atoms with Gasteiger partial charge in [0.2, 0.25) is 0 Å². The second-order valence-corrected chi connectivity index (χ2v) is 5.99. The monoisotopic (exact) mass is 348 g/mol. The average molecular weight is 349 g/mol. The molecule has 0 fully saturated rings. The van der Waals surface area contributed by atoms with Crippen LogP contribution >= 0.6 is 15.9 Å². The van der Waals surface area contributed by atoms with Gasteiger partial charge in [-0.2, -0.15) is 0 Å². The lowest BCUT2D eigenvalue weighted by Gasteiger charge is -2.17. The highest BCUT2D eigenvalue weighted by atomic mass is 79.9. The van der Waals surface area contributed by atoms with Crippen molar-refractivity contribution in [1.29, 1.82) is 0 Å². The van der Waals surface area contributed by atoms with Gasteiger partial charge in [0, 0.05) is 17.8 Å². The Morgan fingerprint density at radius 1 is 1.14 bits per heavy atom. The summed E-state index contributed by atoms with van der Waals surface area (Å²) in [5.74, 6) is 0. The van der Waals surface area contributed by atoms with Crippen molar-refractivity contribution in [3.8, 4) is 0 Å². The van der Waals surface area contributed by atoms with Crippen LogP contribution in [0.4, 0.5) is 11.4 Å². The molecule has 2 aromatic rings. The molecule has 21 heavy (non-hydrogen) atoms. The molecule has 0 radical (unpaired) electrons. The quantitative estimate of drug-likeness (QED) is 0.614. The SMILES string of the molecule is Cc1ccc(C(C)Nc2ccc([N+](=O)[O-])c(Br)c2)cc1C. The first-order valence-electron chi connectivity index (χ1n) is 6.66. The largest absolute Gasteiger partial charge is 0.378 e. The molecule has 0 spiro atoms. The van der Waals surface area contributed by atoms with Crippen LogP contribution in [0.5, 0.6) is 0 Å². The van der Waals surface area contributed by atoms with E-state index in [0.717, 1.165) is 5.69 Å². The zero-order chi connectivity index (χ0) is 15.6. The Labute approximate surface area is 132 Å². The minimum absolute atomic E-state index is 0.0689. The summed E-state index contributed by atoms with van der Waals surface area (Å²) >= 11 is 3.23. The first-order valence-corrected chi connectivity index (χ1v) is 7.45. The number of nitrogens with zero attached hydrogens (tertiary/aromatic N) is 1. The molecule has 1 unspecified atom stereocenters. The van der Waals surface area contributed by atoms with E-state index in [1.54, 1.807) is 12.1 Å². The Balaban J connectivity index is 2.19. The van der Waals surface area contributed by atoms with Crippen LogP contribution in [0.25, 0.3) is 0 Å². The third-order valence-corrected chi connectivity index (χ3v) is 4.19. The number of anilines is 1. The van der Waals surface area contributed by atoms with Gasteiger partial charge in [-0.15, -0.1) is 0 Å². The maximum atomic E-state index is 10.8. The lowest BCUT2D eigenvalue weighted by molar-refractivity contribution is -0.385. The molecule has 1 N–H and O–H groups in total. The van der Waals surface area contributed by atoms with E-state index in [9.17, 15) is 10.1 Å². The van der Waals surface area contributed by atoms with Gasteiger partial charge in [-0.25, -0.2) is 0 Å². The number of nitro benzene ring substituents is 1. The van der Waals surface area contributed by atoms with Crippen molar-refractivity contribution in [2.45, 2.75) is 26.8 Å². The predicted octanol–water partition coefficient (Wildman–Crippen LogP) is 5.15. The fraction of sp³-hybridized carbons (Fsp3) is 0.250. The van der Waals surface area contributed by atoms with Gasteiger partial charge in [-0.3, -0.25) is 10.1 Å². The van der Waals surface area contributed by atoms with Crippen LogP contribution in [-0.4, -0.2) is 4.92 Å². The normalized spacial score (nSPS) is 12.0. The number of hydrogen-bond acceptors (Lipinski definition) is 3. The van der Waals surface area contributed by atoms with Gasteiger partial charge >= 0.3 is 0 Å². The summed E-state index contributed by atoms with van der Waals surface area (Å²) in [6.07, 6.45) is 0. The van der Waals surface area contributed by atoms with E-state index in [0.29, 0.717) is 4.47 Å².